The quantitative estimate of drug-likeness (QED) is 0.579. The number of benzene rings is 2. The number of hydrogen-bond acceptors (Lipinski definition) is 2. The molecule has 0 saturated heterocycles. The molecule has 4 heteroatoms. The lowest BCUT2D eigenvalue weighted by Gasteiger charge is -2.07. The average Bonchev–Trinajstić information content (AvgIpc) is 3.14. The van der Waals surface area contributed by atoms with Gasteiger partial charge in [0.2, 0.25) is 0 Å². The van der Waals surface area contributed by atoms with Gasteiger partial charge in [0.05, 0.1) is 11.9 Å². The highest BCUT2D eigenvalue weighted by atomic mass is 16.1. The van der Waals surface area contributed by atoms with Gasteiger partial charge in [-0.15, -0.1) is 0 Å². The van der Waals surface area contributed by atoms with Gasteiger partial charge in [0, 0.05) is 35.3 Å². The van der Waals surface area contributed by atoms with Gasteiger partial charge in [-0.3, -0.25) is 9.36 Å². The Labute approximate surface area is 139 Å². The Kier molecular flexibility index (Phi) is 3.56. The maximum absolute atomic E-state index is 12.2. The molecular weight excluding hydrogens is 298 g/mol. The van der Waals surface area contributed by atoms with E-state index in [1.807, 2.05) is 90.0 Å². The molecule has 0 aliphatic carbocycles. The van der Waals surface area contributed by atoms with Crippen molar-refractivity contribution in [3.63, 3.8) is 0 Å². The summed E-state index contributed by atoms with van der Waals surface area (Å²) < 4.78 is 3.47. The molecule has 0 saturated carbocycles. The lowest BCUT2D eigenvalue weighted by Crippen LogP contribution is -2.16. The zero-order chi connectivity index (χ0) is 16.4. The molecule has 4 rings (SSSR count). The first-order valence-corrected chi connectivity index (χ1v) is 7.70. The molecular formula is C20H15N3O. The van der Waals surface area contributed by atoms with Gasteiger partial charge in [-0.1, -0.05) is 36.4 Å². The van der Waals surface area contributed by atoms with Crippen molar-refractivity contribution in [2.45, 2.75) is 0 Å². The second-order valence-corrected chi connectivity index (χ2v) is 5.47. The standard InChI is InChI=1S/C20H15N3O/c24-20-12-11-16(14-22(20)18-7-3-1-4-8-18)17-13-21-23(15-17)19-9-5-2-6-10-19/h1-15H. The zero-order valence-electron chi connectivity index (χ0n) is 12.9. The Morgan fingerprint density at radius 2 is 1.33 bits per heavy atom. The molecule has 0 aliphatic heterocycles. The van der Waals surface area contributed by atoms with Crippen molar-refractivity contribution in [1.82, 2.24) is 14.3 Å². The van der Waals surface area contributed by atoms with E-state index < -0.39 is 0 Å². The lowest BCUT2D eigenvalue weighted by atomic mass is 10.1. The topological polar surface area (TPSA) is 39.8 Å². The van der Waals surface area contributed by atoms with Crippen LogP contribution in [0, 0.1) is 0 Å². The molecule has 4 aromatic rings. The molecule has 0 spiro atoms. The normalized spacial score (nSPS) is 10.7. The first-order valence-electron chi connectivity index (χ1n) is 7.70. The number of nitrogens with zero attached hydrogens (tertiary/aromatic N) is 3. The fourth-order valence-corrected chi connectivity index (χ4v) is 2.64. The Bertz CT molecular complexity index is 1020. The summed E-state index contributed by atoms with van der Waals surface area (Å²) in [6, 6.07) is 22.9. The van der Waals surface area contributed by atoms with Crippen LogP contribution in [-0.4, -0.2) is 14.3 Å². The molecule has 116 valence electrons. The summed E-state index contributed by atoms with van der Waals surface area (Å²) in [7, 11) is 0. The third-order valence-electron chi connectivity index (χ3n) is 3.88. The molecule has 2 aromatic heterocycles. The monoisotopic (exact) mass is 313 g/mol. The minimum Gasteiger partial charge on any atom is -0.284 e. The van der Waals surface area contributed by atoms with Crippen molar-refractivity contribution in [3.8, 4) is 22.5 Å². The predicted octanol–water partition coefficient (Wildman–Crippen LogP) is 3.69. The molecule has 0 fully saturated rings. The fourth-order valence-electron chi connectivity index (χ4n) is 2.64. The van der Waals surface area contributed by atoms with Crippen molar-refractivity contribution < 1.29 is 0 Å². The zero-order valence-corrected chi connectivity index (χ0v) is 12.9. The van der Waals surface area contributed by atoms with Crippen LogP contribution in [0.25, 0.3) is 22.5 Å². The van der Waals surface area contributed by atoms with E-state index >= 15 is 0 Å². The van der Waals surface area contributed by atoms with E-state index in [4.69, 9.17) is 0 Å². The van der Waals surface area contributed by atoms with E-state index in [0.29, 0.717) is 0 Å². The summed E-state index contributed by atoms with van der Waals surface area (Å²) in [5, 5.41) is 4.42. The number of para-hydroxylation sites is 2. The van der Waals surface area contributed by atoms with Crippen molar-refractivity contribution in [2.75, 3.05) is 0 Å². The number of rotatable bonds is 3. The highest BCUT2D eigenvalue weighted by molar-refractivity contribution is 5.61. The van der Waals surface area contributed by atoms with Gasteiger partial charge in [0.25, 0.3) is 5.56 Å². The van der Waals surface area contributed by atoms with Crippen LogP contribution in [0.1, 0.15) is 0 Å². The first kappa shape index (κ1) is 14.2. The highest BCUT2D eigenvalue weighted by Gasteiger charge is 2.06. The highest BCUT2D eigenvalue weighted by Crippen LogP contribution is 2.20. The van der Waals surface area contributed by atoms with Crippen LogP contribution >= 0.6 is 0 Å². The smallest absolute Gasteiger partial charge is 0.255 e. The molecule has 0 bridgehead atoms. The van der Waals surface area contributed by atoms with E-state index in [0.717, 1.165) is 22.5 Å². The van der Waals surface area contributed by atoms with Crippen LogP contribution < -0.4 is 5.56 Å². The summed E-state index contributed by atoms with van der Waals surface area (Å²) in [6.07, 6.45) is 5.62. The van der Waals surface area contributed by atoms with Crippen LogP contribution in [0.2, 0.25) is 0 Å². The molecule has 0 amide bonds. The Morgan fingerprint density at radius 3 is 2.04 bits per heavy atom. The van der Waals surface area contributed by atoms with Crippen molar-refractivity contribution >= 4 is 0 Å². The van der Waals surface area contributed by atoms with Gasteiger partial charge >= 0.3 is 0 Å². The van der Waals surface area contributed by atoms with Gasteiger partial charge in [0.1, 0.15) is 0 Å². The molecule has 0 N–H and O–H groups in total. The molecule has 24 heavy (non-hydrogen) atoms. The fraction of sp³-hybridized carbons (Fsp3) is 0. The number of aromatic nitrogens is 3. The SMILES string of the molecule is O=c1ccc(-c2cnn(-c3ccccc3)c2)cn1-c1ccccc1. The maximum Gasteiger partial charge on any atom is 0.255 e. The summed E-state index contributed by atoms with van der Waals surface area (Å²) in [4.78, 5) is 12.2. The van der Waals surface area contributed by atoms with Gasteiger partial charge in [-0.25, -0.2) is 4.68 Å². The summed E-state index contributed by atoms with van der Waals surface area (Å²) >= 11 is 0. The Balaban J connectivity index is 1.76. The predicted molar refractivity (Wildman–Crippen MR) is 94.6 cm³/mol. The summed E-state index contributed by atoms with van der Waals surface area (Å²) in [5.74, 6) is 0. The second-order valence-electron chi connectivity index (χ2n) is 5.47. The number of hydrogen-bond donors (Lipinski definition) is 0. The minimum absolute atomic E-state index is 0.0552. The molecule has 4 nitrogen and oxygen atoms in total. The van der Waals surface area contributed by atoms with Crippen LogP contribution in [0.15, 0.2) is 96.2 Å². The van der Waals surface area contributed by atoms with E-state index in [2.05, 4.69) is 5.10 Å². The van der Waals surface area contributed by atoms with Crippen LogP contribution in [0.3, 0.4) is 0 Å². The minimum atomic E-state index is -0.0552. The first-order chi connectivity index (χ1) is 11.8. The molecule has 0 radical (unpaired) electrons. The molecule has 2 heterocycles. The van der Waals surface area contributed by atoms with Crippen LogP contribution in [-0.2, 0) is 0 Å². The third-order valence-corrected chi connectivity index (χ3v) is 3.88. The van der Waals surface area contributed by atoms with E-state index in [9.17, 15) is 4.79 Å². The summed E-state index contributed by atoms with van der Waals surface area (Å²) in [5.41, 5.74) is 3.70. The molecule has 2 aromatic carbocycles. The van der Waals surface area contributed by atoms with Crippen LogP contribution in [0.4, 0.5) is 0 Å². The molecule has 0 aliphatic rings. The van der Waals surface area contributed by atoms with Gasteiger partial charge in [0.15, 0.2) is 0 Å². The van der Waals surface area contributed by atoms with E-state index in [1.165, 1.54) is 0 Å². The van der Waals surface area contributed by atoms with E-state index in [1.54, 1.807) is 10.6 Å². The van der Waals surface area contributed by atoms with E-state index in [-0.39, 0.29) is 5.56 Å². The van der Waals surface area contributed by atoms with Crippen molar-refractivity contribution in [2.24, 2.45) is 0 Å². The van der Waals surface area contributed by atoms with Crippen molar-refractivity contribution in [1.29, 1.82) is 0 Å². The van der Waals surface area contributed by atoms with Crippen LogP contribution in [0.5, 0.6) is 0 Å². The van der Waals surface area contributed by atoms with Gasteiger partial charge < -0.3 is 0 Å². The maximum atomic E-state index is 12.2. The Morgan fingerprint density at radius 1 is 0.667 bits per heavy atom. The average molecular weight is 313 g/mol. The third kappa shape index (κ3) is 2.65. The number of pyridine rings is 1. The van der Waals surface area contributed by atoms with Gasteiger partial charge in [-0.05, 0) is 30.3 Å². The van der Waals surface area contributed by atoms with Gasteiger partial charge in [-0.2, -0.15) is 5.10 Å². The largest absolute Gasteiger partial charge is 0.284 e. The summed E-state index contributed by atoms with van der Waals surface area (Å²) in [6.45, 7) is 0. The van der Waals surface area contributed by atoms with Crippen molar-refractivity contribution in [3.05, 3.63) is 102 Å². The lowest BCUT2D eigenvalue weighted by molar-refractivity contribution is 0.881. The molecule has 0 atom stereocenters. The molecule has 0 unspecified atom stereocenters. The second kappa shape index (κ2) is 6.01. The Hall–Kier alpha value is -3.40.